The molecule has 0 aliphatic carbocycles. The number of nitrogens with one attached hydrogen (secondary N) is 1. The summed E-state index contributed by atoms with van der Waals surface area (Å²) in [6.45, 7) is 2.30. The van der Waals surface area contributed by atoms with Crippen molar-refractivity contribution in [2.45, 2.75) is 11.4 Å². The fourth-order valence-electron chi connectivity index (χ4n) is 4.57. The number of amides is 1. The molecule has 1 fully saturated rings. The van der Waals surface area contributed by atoms with Crippen LogP contribution in [0, 0.1) is 0 Å². The maximum Gasteiger partial charge on any atom is 0.264 e. The number of piperazine rings is 1. The molecule has 0 atom stereocenters. The second kappa shape index (κ2) is 10.6. The van der Waals surface area contributed by atoms with Crippen molar-refractivity contribution in [2.75, 3.05) is 42.9 Å². The van der Waals surface area contributed by atoms with E-state index in [1.165, 1.54) is 6.07 Å². The molecule has 3 heterocycles. The Morgan fingerprint density at radius 2 is 1.74 bits per heavy atom. The van der Waals surface area contributed by atoms with Crippen molar-refractivity contribution in [3.05, 3.63) is 84.2 Å². The summed E-state index contributed by atoms with van der Waals surface area (Å²) < 4.78 is 34.6. The summed E-state index contributed by atoms with van der Waals surface area (Å²) in [4.78, 5) is 25.9. The summed E-state index contributed by atoms with van der Waals surface area (Å²) in [5.74, 6) is 1.31. The lowest BCUT2D eigenvalue weighted by atomic mass is 10.1. The number of rotatable bonds is 7. The summed E-state index contributed by atoms with van der Waals surface area (Å²) in [6.07, 6.45) is 3.27. The fourth-order valence-corrected chi connectivity index (χ4v) is 5.85. The van der Waals surface area contributed by atoms with Crippen LogP contribution in [0.25, 0.3) is 10.9 Å². The van der Waals surface area contributed by atoms with Crippen molar-refractivity contribution in [1.29, 1.82) is 0 Å². The second-order valence-corrected chi connectivity index (χ2v) is 10.5. The molecule has 1 saturated heterocycles. The summed E-state index contributed by atoms with van der Waals surface area (Å²) in [5, 5.41) is 0.719. The van der Waals surface area contributed by atoms with E-state index < -0.39 is 10.0 Å². The Kier molecular flexibility index (Phi) is 7.12. The maximum absolute atomic E-state index is 13.3. The van der Waals surface area contributed by atoms with Crippen LogP contribution < -0.4 is 20.1 Å². The van der Waals surface area contributed by atoms with Gasteiger partial charge in [0.1, 0.15) is 4.90 Å². The van der Waals surface area contributed by atoms with Crippen LogP contribution in [0.2, 0.25) is 0 Å². The maximum atomic E-state index is 13.3. The van der Waals surface area contributed by atoms with E-state index in [1.54, 1.807) is 66.9 Å². The topological polar surface area (TPSA) is 131 Å². The Labute approximate surface area is 221 Å². The molecule has 3 N–H and O–H groups in total. The highest BCUT2D eigenvalue weighted by Crippen LogP contribution is 2.28. The lowest BCUT2D eigenvalue weighted by Gasteiger charge is -2.36. The third-order valence-corrected chi connectivity index (χ3v) is 7.94. The molecule has 0 spiro atoms. The molecular formula is C27H28N6O4S. The molecule has 1 aliphatic heterocycles. The number of fused-ring (bicyclic) bond motifs is 1. The number of benzene rings is 2. The molecule has 0 saturated carbocycles. The minimum Gasteiger partial charge on any atom is -0.493 e. The smallest absolute Gasteiger partial charge is 0.264 e. The van der Waals surface area contributed by atoms with Crippen molar-refractivity contribution in [3.8, 4) is 5.75 Å². The van der Waals surface area contributed by atoms with E-state index in [0.29, 0.717) is 54.3 Å². The lowest BCUT2D eigenvalue weighted by molar-refractivity contribution is 0.0746. The van der Waals surface area contributed by atoms with Gasteiger partial charge in [0, 0.05) is 56.1 Å². The van der Waals surface area contributed by atoms with Gasteiger partial charge in [-0.05, 0) is 48.0 Å². The zero-order chi connectivity index (χ0) is 26.7. The van der Waals surface area contributed by atoms with Crippen LogP contribution in [0.15, 0.2) is 78.0 Å². The standard InChI is InChI=1S/C27H28N6O4S/c1-37-23-7-4-12-30-26(23)32-13-15-33(16-14-32)27(34)20-9-10-22(21(17-20)18-28)31-38(35,36)24-8-2-5-19-6-3-11-29-25(19)24/h2-12,17,31H,13-16,18,28H2,1H3. The number of hydrogen-bond acceptors (Lipinski definition) is 8. The molecule has 2 aromatic carbocycles. The van der Waals surface area contributed by atoms with Crippen molar-refractivity contribution < 1.29 is 17.9 Å². The third kappa shape index (κ3) is 4.98. The summed E-state index contributed by atoms with van der Waals surface area (Å²) in [5.41, 5.74) is 7.63. The Hall–Kier alpha value is -4.22. The van der Waals surface area contributed by atoms with Crippen LogP contribution >= 0.6 is 0 Å². The zero-order valence-electron chi connectivity index (χ0n) is 20.9. The van der Waals surface area contributed by atoms with Gasteiger partial charge in [0.2, 0.25) is 0 Å². The average molecular weight is 533 g/mol. The highest BCUT2D eigenvalue weighted by molar-refractivity contribution is 7.93. The first-order valence-electron chi connectivity index (χ1n) is 12.1. The number of aromatic nitrogens is 2. The normalized spacial score (nSPS) is 13.9. The second-order valence-electron chi connectivity index (χ2n) is 8.82. The molecule has 0 radical (unpaired) electrons. The van der Waals surface area contributed by atoms with Gasteiger partial charge in [-0.3, -0.25) is 14.5 Å². The summed E-state index contributed by atoms with van der Waals surface area (Å²) >= 11 is 0. The first kappa shape index (κ1) is 25.4. The molecule has 2 aromatic heterocycles. The molecule has 4 aromatic rings. The van der Waals surface area contributed by atoms with Gasteiger partial charge in [0.25, 0.3) is 15.9 Å². The van der Waals surface area contributed by atoms with Crippen LogP contribution in [0.4, 0.5) is 11.5 Å². The molecule has 10 nitrogen and oxygen atoms in total. The number of carbonyl (C=O) groups is 1. The number of para-hydroxylation sites is 1. The molecule has 0 bridgehead atoms. The molecule has 5 rings (SSSR count). The number of nitrogens with two attached hydrogens (primary N) is 1. The third-order valence-electron chi connectivity index (χ3n) is 6.54. The first-order valence-corrected chi connectivity index (χ1v) is 13.6. The number of methoxy groups -OCH3 is 1. The number of ether oxygens (including phenoxy) is 1. The summed E-state index contributed by atoms with van der Waals surface area (Å²) in [7, 11) is -2.34. The van der Waals surface area contributed by atoms with Crippen molar-refractivity contribution >= 4 is 38.3 Å². The van der Waals surface area contributed by atoms with E-state index in [-0.39, 0.29) is 17.3 Å². The van der Waals surface area contributed by atoms with E-state index >= 15 is 0 Å². The molecular weight excluding hydrogens is 504 g/mol. The van der Waals surface area contributed by atoms with E-state index in [4.69, 9.17) is 10.5 Å². The number of sulfonamides is 1. The number of carbonyl (C=O) groups excluding carboxylic acids is 1. The number of anilines is 2. The van der Waals surface area contributed by atoms with Crippen molar-refractivity contribution in [1.82, 2.24) is 14.9 Å². The van der Waals surface area contributed by atoms with E-state index in [0.717, 1.165) is 11.2 Å². The zero-order valence-corrected chi connectivity index (χ0v) is 21.7. The molecule has 0 unspecified atom stereocenters. The van der Waals surface area contributed by atoms with Crippen LogP contribution in [0.3, 0.4) is 0 Å². The number of nitrogens with zero attached hydrogens (tertiary/aromatic N) is 4. The Morgan fingerprint density at radius 1 is 1.00 bits per heavy atom. The first-order chi connectivity index (χ1) is 18.4. The van der Waals surface area contributed by atoms with Crippen molar-refractivity contribution in [2.24, 2.45) is 5.73 Å². The van der Waals surface area contributed by atoms with E-state index in [1.807, 2.05) is 12.1 Å². The van der Waals surface area contributed by atoms with Gasteiger partial charge < -0.3 is 20.3 Å². The van der Waals surface area contributed by atoms with Gasteiger partial charge in [0.15, 0.2) is 11.6 Å². The minimum absolute atomic E-state index is 0.0556. The quantitative estimate of drug-likeness (QED) is 0.372. The Balaban J connectivity index is 1.32. The number of pyridine rings is 2. The number of hydrogen-bond donors (Lipinski definition) is 2. The van der Waals surface area contributed by atoms with Crippen LogP contribution in [0.5, 0.6) is 5.75 Å². The molecule has 1 amide bonds. The SMILES string of the molecule is COc1cccnc1N1CCN(C(=O)c2ccc(NS(=O)(=O)c3cccc4cccnc34)c(CN)c2)CC1. The highest BCUT2D eigenvalue weighted by Gasteiger charge is 2.25. The fraction of sp³-hybridized carbons (Fsp3) is 0.222. The predicted octanol–water partition coefficient (Wildman–Crippen LogP) is 2.86. The van der Waals surface area contributed by atoms with Gasteiger partial charge in [-0.1, -0.05) is 18.2 Å². The predicted molar refractivity (Wildman–Crippen MR) is 146 cm³/mol. The molecule has 11 heteroatoms. The van der Waals surface area contributed by atoms with E-state index in [9.17, 15) is 13.2 Å². The summed E-state index contributed by atoms with van der Waals surface area (Å²) in [6, 6.07) is 17.1. The Bertz CT molecular complexity index is 1580. The monoisotopic (exact) mass is 532 g/mol. The van der Waals surface area contributed by atoms with Gasteiger partial charge in [-0.15, -0.1) is 0 Å². The minimum atomic E-state index is -3.95. The van der Waals surface area contributed by atoms with Crippen molar-refractivity contribution in [3.63, 3.8) is 0 Å². The largest absolute Gasteiger partial charge is 0.493 e. The van der Waals surface area contributed by atoms with Crippen LogP contribution in [-0.2, 0) is 16.6 Å². The van der Waals surface area contributed by atoms with Gasteiger partial charge in [-0.2, -0.15) is 0 Å². The van der Waals surface area contributed by atoms with Crippen LogP contribution in [0.1, 0.15) is 15.9 Å². The average Bonchev–Trinajstić information content (AvgIpc) is 2.96. The molecule has 1 aliphatic rings. The van der Waals surface area contributed by atoms with Gasteiger partial charge in [-0.25, -0.2) is 13.4 Å². The lowest BCUT2D eigenvalue weighted by Crippen LogP contribution is -2.49. The van der Waals surface area contributed by atoms with Gasteiger partial charge >= 0.3 is 0 Å². The van der Waals surface area contributed by atoms with Crippen LogP contribution in [-0.4, -0.2) is 62.5 Å². The molecule has 38 heavy (non-hydrogen) atoms. The highest BCUT2D eigenvalue weighted by atomic mass is 32.2. The molecule has 196 valence electrons. The van der Waals surface area contributed by atoms with Gasteiger partial charge in [0.05, 0.1) is 18.3 Å². The van der Waals surface area contributed by atoms with E-state index in [2.05, 4.69) is 19.6 Å². The Morgan fingerprint density at radius 3 is 2.50 bits per heavy atom.